The molecule has 0 spiro atoms. The van der Waals surface area contributed by atoms with E-state index < -0.39 is 0 Å². The molecule has 25 heavy (non-hydrogen) atoms. The van der Waals surface area contributed by atoms with Gasteiger partial charge in [0.05, 0.1) is 11.7 Å². The molecule has 1 aromatic heterocycles. The van der Waals surface area contributed by atoms with Crippen molar-refractivity contribution in [2.24, 2.45) is 11.3 Å². The zero-order valence-corrected chi connectivity index (χ0v) is 15.6. The van der Waals surface area contributed by atoms with Gasteiger partial charge in [0.25, 0.3) is 0 Å². The number of carbonyl (C=O) groups excluding carboxylic acids is 1. The summed E-state index contributed by atoms with van der Waals surface area (Å²) in [6.07, 6.45) is 10.8. The lowest BCUT2D eigenvalue weighted by atomic mass is 9.74. The van der Waals surface area contributed by atoms with E-state index in [0.29, 0.717) is 0 Å². The van der Waals surface area contributed by atoms with Crippen molar-refractivity contribution in [2.45, 2.75) is 71.3 Å². The Morgan fingerprint density at radius 3 is 2.64 bits per heavy atom. The van der Waals surface area contributed by atoms with Gasteiger partial charge in [-0.1, -0.05) is 26.7 Å². The van der Waals surface area contributed by atoms with Gasteiger partial charge in [-0.3, -0.25) is 4.79 Å². The molecule has 1 atom stereocenters. The van der Waals surface area contributed by atoms with E-state index in [2.05, 4.69) is 29.0 Å². The molecule has 1 aliphatic heterocycles. The molecule has 0 radical (unpaired) electrons. The molecular formula is C20H30N4O. The number of carbonyl (C=O) groups is 1. The van der Waals surface area contributed by atoms with Crippen molar-refractivity contribution in [3.63, 3.8) is 0 Å². The predicted octanol–water partition coefficient (Wildman–Crippen LogP) is 3.40. The Morgan fingerprint density at radius 2 is 1.92 bits per heavy atom. The van der Waals surface area contributed by atoms with E-state index in [9.17, 15) is 4.79 Å². The summed E-state index contributed by atoms with van der Waals surface area (Å²) in [6.45, 7) is 6.68. The second-order valence-corrected chi connectivity index (χ2v) is 8.85. The third kappa shape index (κ3) is 3.51. The molecule has 0 bridgehead atoms. The zero-order valence-electron chi connectivity index (χ0n) is 15.6. The summed E-state index contributed by atoms with van der Waals surface area (Å²) < 4.78 is 0. The van der Waals surface area contributed by atoms with E-state index in [1.54, 1.807) is 0 Å². The number of aromatic nitrogens is 2. The van der Waals surface area contributed by atoms with Crippen LogP contribution in [0.5, 0.6) is 0 Å². The summed E-state index contributed by atoms with van der Waals surface area (Å²) in [6, 6.07) is 0.0551. The maximum atomic E-state index is 12.7. The maximum absolute atomic E-state index is 12.7. The fourth-order valence-electron chi connectivity index (χ4n) is 4.71. The number of hydrogen-bond donors (Lipinski definition) is 1. The summed E-state index contributed by atoms with van der Waals surface area (Å²) in [7, 11) is 0. The van der Waals surface area contributed by atoms with Gasteiger partial charge in [0.2, 0.25) is 11.9 Å². The SMILES string of the molecule is CC1(C)Cc2nc(N3CCCC3)ncc2[C@H](NC(=O)C2CCCC2)C1. The van der Waals surface area contributed by atoms with Gasteiger partial charge < -0.3 is 10.2 Å². The predicted molar refractivity (Wildman–Crippen MR) is 98.4 cm³/mol. The number of nitrogens with one attached hydrogen (secondary N) is 1. The van der Waals surface area contributed by atoms with Gasteiger partial charge in [-0.2, -0.15) is 0 Å². The molecule has 0 unspecified atom stereocenters. The minimum atomic E-state index is 0.0551. The summed E-state index contributed by atoms with van der Waals surface area (Å²) in [5.41, 5.74) is 2.41. The molecule has 2 aliphatic carbocycles. The molecule has 1 saturated carbocycles. The Bertz CT molecular complexity index is 645. The van der Waals surface area contributed by atoms with Crippen LogP contribution in [0.4, 0.5) is 5.95 Å². The van der Waals surface area contributed by atoms with Crippen LogP contribution in [0.2, 0.25) is 0 Å². The van der Waals surface area contributed by atoms with Gasteiger partial charge in [-0.15, -0.1) is 0 Å². The second-order valence-electron chi connectivity index (χ2n) is 8.85. The molecule has 1 aromatic rings. The van der Waals surface area contributed by atoms with E-state index in [4.69, 9.17) is 4.98 Å². The number of rotatable bonds is 3. The third-order valence-electron chi connectivity index (χ3n) is 6.10. The number of nitrogens with zero attached hydrogens (tertiary/aromatic N) is 3. The van der Waals surface area contributed by atoms with Gasteiger partial charge in [0.15, 0.2) is 0 Å². The number of amides is 1. The average molecular weight is 342 g/mol. The van der Waals surface area contributed by atoms with Crippen molar-refractivity contribution in [2.75, 3.05) is 18.0 Å². The number of hydrogen-bond acceptors (Lipinski definition) is 4. The zero-order chi connectivity index (χ0) is 17.4. The van der Waals surface area contributed by atoms with Crippen LogP contribution in [-0.4, -0.2) is 29.0 Å². The van der Waals surface area contributed by atoms with Crippen molar-refractivity contribution in [3.8, 4) is 0 Å². The van der Waals surface area contributed by atoms with Crippen LogP contribution in [0.25, 0.3) is 0 Å². The normalized spacial score (nSPS) is 25.8. The molecule has 2 heterocycles. The first-order valence-corrected chi connectivity index (χ1v) is 9.93. The minimum absolute atomic E-state index is 0.0551. The first-order chi connectivity index (χ1) is 12.0. The van der Waals surface area contributed by atoms with Crippen LogP contribution in [0.1, 0.15) is 76.1 Å². The van der Waals surface area contributed by atoms with Gasteiger partial charge in [0, 0.05) is 30.8 Å². The Labute approximate surface area is 150 Å². The average Bonchev–Trinajstić information content (AvgIpc) is 3.27. The monoisotopic (exact) mass is 342 g/mol. The molecule has 4 rings (SSSR count). The van der Waals surface area contributed by atoms with Gasteiger partial charge in [-0.25, -0.2) is 9.97 Å². The molecule has 3 aliphatic rings. The van der Waals surface area contributed by atoms with Crippen molar-refractivity contribution in [3.05, 3.63) is 17.5 Å². The lowest BCUT2D eigenvalue weighted by Gasteiger charge is -2.37. The fraction of sp³-hybridized carbons (Fsp3) is 0.750. The van der Waals surface area contributed by atoms with Crippen LogP contribution >= 0.6 is 0 Å². The van der Waals surface area contributed by atoms with Crippen molar-refractivity contribution < 1.29 is 4.79 Å². The van der Waals surface area contributed by atoms with E-state index in [1.165, 1.54) is 25.7 Å². The molecular weight excluding hydrogens is 312 g/mol. The molecule has 5 heteroatoms. The topological polar surface area (TPSA) is 58.1 Å². The maximum Gasteiger partial charge on any atom is 0.225 e. The lowest BCUT2D eigenvalue weighted by molar-refractivity contribution is -0.125. The van der Waals surface area contributed by atoms with Gasteiger partial charge >= 0.3 is 0 Å². The van der Waals surface area contributed by atoms with Crippen LogP contribution in [0.15, 0.2) is 6.20 Å². The van der Waals surface area contributed by atoms with Crippen molar-refractivity contribution in [1.29, 1.82) is 0 Å². The van der Waals surface area contributed by atoms with Crippen molar-refractivity contribution in [1.82, 2.24) is 15.3 Å². The van der Waals surface area contributed by atoms with E-state index in [-0.39, 0.29) is 23.3 Å². The molecule has 1 amide bonds. The smallest absolute Gasteiger partial charge is 0.225 e. The summed E-state index contributed by atoms with van der Waals surface area (Å²) in [4.78, 5) is 24.5. The second kappa shape index (κ2) is 6.58. The first kappa shape index (κ1) is 16.8. The lowest BCUT2D eigenvalue weighted by Crippen LogP contribution is -2.39. The van der Waals surface area contributed by atoms with Gasteiger partial charge in [0.1, 0.15) is 0 Å². The van der Waals surface area contributed by atoms with E-state index in [0.717, 1.165) is 56.0 Å². The highest BCUT2D eigenvalue weighted by Gasteiger charge is 2.36. The van der Waals surface area contributed by atoms with Crippen LogP contribution in [0, 0.1) is 11.3 Å². The summed E-state index contributed by atoms with van der Waals surface area (Å²) >= 11 is 0. The van der Waals surface area contributed by atoms with Crippen molar-refractivity contribution >= 4 is 11.9 Å². The standard InChI is InChI=1S/C20H30N4O/c1-20(2)11-16(22-18(25)14-7-3-4-8-14)15-13-21-19(23-17(15)12-20)24-9-5-6-10-24/h13-14,16H,3-12H2,1-2H3,(H,22,25)/t16-/m1/s1. The summed E-state index contributed by atoms with van der Waals surface area (Å²) in [5, 5.41) is 3.33. The minimum Gasteiger partial charge on any atom is -0.349 e. The molecule has 1 saturated heterocycles. The largest absolute Gasteiger partial charge is 0.349 e. The van der Waals surface area contributed by atoms with Gasteiger partial charge in [-0.05, 0) is 43.9 Å². The van der Waals surface area contributed by atoms with Crippen LogP contribution < -0.4 is 10.2 Å². The Morgan fingerprint density at radius 1 is 1.20 bits per heavy atom. The Kier molecular flexibility index (Phi) is 4.42. The van der Waals surface area contributed by atoms with Crippen LogP contribution in [-0.2, 0) is 11.2 Å². The highest BCUT2D eigenvalue weighted by Crippen LogP contribution is 2.40. The van der Waals surface area contributed by atoms with E-state index >= 15 is 0 Å². The number of anilines is 1. The fourth-order valence-corrected chi connectivity index (χ4v) is 4.71. The summed E-state index contributed by atoms with van der Waals surface area (Å²) in [5.74, 6) is 1.31. The highest BCUT2D eigenvalue weighted by molar-refractivity contribution is 5.79. The molecule has 0 aromatic carbocycles. The molecule has 2 fully saturated rings. The van der Waals surface area contributed by atoms with E-state index in [1.807, 2.05) is 6.20 Å². The quantitative estimate of drug-likeness (QED) is 0.915. The number of fused-ring (bicyclic) bond motifs is 1. The first-order valence-electron chi connectivity index (χ1n) is 9.93. The third-order valence-corrected chi connectivity index (χ3v) is 6.10. The Hall–Kier alpha value is -1.65. The van der Waals surface area contributed by atoms with Crippen LogP contribution in [0.3, 0.4) is 0 Å². The Balaban J connectivity index is 1.57. The molecule has 5 nitrogen and oxygen atoms in total. The highest BCUT2D eigenvalue weighted by atomic mass is 16.1. The molecule has 1 N–H and O–H groups in total. The molecule has 136 valence electrons.